The lowest BCUT2D eigenvalue weighted by Crippen LogP contribution is -2.29. The predicted octanol–water partition coefficient (Wildman–Crippen LogP) is 7.37. The molecule has 1 heterocycles. The van der Waals surface area contributed by atoms with E-state index in [0.717, 1.165) is 29.2 Å². The molecule has 7 rings (SSSR count). The minimum atomic E-state index is -1.46. The van der Waals surface area contributed by atoms with Crippen LogP contribution >= 0.6 is 0 Å². The maximum atomic E-state index is 13.7. The summed E-state index contributed by atoms with van der Waals surface area (Å²) in [5, 5.41) is 42.7. The van der Waals surface area contributed by atoms with Gasteiger partial charge in [0.2, 0.25) is 0 Å². The fourth-order valence-electron chi connectivity index (χ4n) is 6.26. The van der Waals surface area contributed by atoms with Crippen molar-refractivity contribution in [2.24, 2.45) is 0 Å². The van der Waals surface area contributed by atoms with Gasteiger partial charge in [-0.25, -0.2) is 24.1 Å². The average Bonchev–Trinajstić information content (AvgIpc) is 3.48. The van der Waals surface area contributed by atoms with Gasteiger partial charge in [0.15, 0.2) is 0 Å². The molecular formula is C44H27N3O14. The van der Waals surface area contributed by atoms with E-state index < -0.39 is 69.8 Å². The summed E-state index contributed by atoms with van der Waals surface area (Å²) in [6.07, 6.45) is 0. The number of rotatable bonds is 13. The zero-order valence-electron chi connectivity index (χ0n) is 30.9. The van der Waals surface area contributed by atoms with E-state index >= 15 is 0 Å². The Kier molecular flexibility index (Phi) is 10.8. The Morgan fingerprint density at radius 2 is 0.869 bits per heavy atom. The van der Waals surface area contributed by atoms with E-state index in [2.05, 4.69) is 10.6 Å². The molecule has 0 unspecified atom stereocenters. The Bertz CT molecular complexity index is 2890. The number of nitrogens with zero attached hydrogens (tertiary/aromatic N) is 1. The highest BCUT2D eigenvalue weighted by atomic mass is 16.5. The average molecular weight is 822 g/mol. The molecule has 0 bridgehead atoms. The number of carbonyl (C=O) groups excluding carboxylic acids is 4. The quantitative estimate of drug-likeness (QED) is 0.0622. The third kappa shape index (κ3) is 8.46. The molecule has 61 heavy (non-hydrogen) atoms. The number of carboxylic acids is 4. The molecule has 0 aromatic heterocycles. The van der Waals surface area contributed by atoms with Crippen LogP contribution in [-0.2, 0) is 0 Å². The van der Waals surface area contributed by atoms with Gasteiger partial charge < -0.3 is 40.5 Å². The number of hydrogen-bond donors (Lipinski definition) is 6. The molecule has 0 aliphatic carbocycles. The van der Waals surface area contributed by atoms with Gasteiger partial charge in [0.25, 0.3) is 23.6 Å². The molecule has 4 amide bonds. The maximum Gasteiger partial charge on any atom is 0.336 e. The number of carbonyl (C=O) groups is 8. The van der Waals surface area contributed by atoms with Crippen LogP contribution in [0.1, 0.15) is 82.9 Å². The maximum absolute atomic E-state index is 13.7. The van der Waals surface area contributed by atoms with E-state index in [1.54, 1.807) is 24.3 Å². The second-order valence-corrected chi connectivity index (χ2v) is 13.1. The van der Waals surface area contributed by atoms with E-state index in [4.69, 9.17) is 9.47 Å². The van der Waals surface area contributed by atoms with Crippen molar-refractivity contribution in [1.29, 1.82) is 0 Å². The van der Waals surface area contributed by atoms with Gasteiger partial charge >= 0.3 is 23.9 Å². The highest BCUT2D eigenvalue weighted by Crippen LogP contribution is 2.32. The lowest BCUT2D eigenvalue weighted by molar-refractivity contribution is 0.0651. The molecule has 0 atom stereocenters. The Morgan fingerprint density at radius 3 is 1.36 bits per heavy atom. The number of fused-ring (bicyclic) bond motifs is 1. The smallest absolute Gasteiger partial charge is 0.336 e. The largest absolute Gasteiger partial charge is 0.478 e. The summed E-state index contributed by atoms with van der Waals surface area (Å²) >= 11 is 0. The van der Waals surface area contributed by atoms with E-state index in [9.17, 15) is 58.8 Å². The van der Waals surface area contributed by atoms with E-state index in [-0.39, 0.29) is 62.3 Å². The van der Waals surface area contributed by atoms with Crippen LogP contribution in [-0.4, -0.2) is 67.9 Å². The van der Waals surface area contributed by atoms with Crippen molar-refractivity contribution >= 4 is 64.6 Å². The van der Waals surface area contributed by atoms with Gasteiger partial charge in [-0.3, -0.25) is 19.2 Å². The molecule has 6 aromatic carbocycles. The minimum Gasteiger partial charge on any atom is -0.478 e. The van der Waals surface area contributed by atoms with Crippen LogP contribution in [0.25, 0.3) is 0 Å². The third-order valence-electron chi connectivity index (χ3n) is 9.07. The summed E-state index contributed by atoms with van der Waals surface area (Å²) in [7, 11) is 0. The Hall–Kier alpha value is -9.12. The van der Waals surface area contributed by atoms with Crippen LogP contribution in [0.15, 0.2) is 127 Å². The Balaban J connectivity index is 1.02. The molecule has 17 nitrogen and oxygen atoms in total. The van der Waals surface area contributed by atoms with Crippen molar-refractivity contribution in [2.45, 2.75) is 0 Å². The molecule has 0 fully saturated rings. The highest BCUT2D eigenvalue weighted by molar-refractivity contribution is 6.35. The van der Waals surface area contributed by atoms with Crippen LogP contribution in [0.4, 0.5) is 17.1 Å². The molecule has 0 radical (unpaired) electrons. The van der Waals surface area contributed by atoms with E-state index in [0.29, 0.717) is 0 Å². The summed E-state index contributed by atoms with van der Waals surface area (Å²) in [5.74, 6) is -8.03. The molecular weight excluding hydrogens is 794 g/mol. The number of anilines is 3. The second kappa shape index (κ2) is 16.4. The van der Waals surface area contributed by atoms with Crippen molar-refractivity contribution < 1.29 is 68.3 Å². The monoisotopic (exact) mass is 821 g/mol. The van der Waals surface area contributed by atoms with Gasteiger partial charge in [0.05, 0.1) is 39.1 Å². The van der Waals surface area contributed by atoms with Crippen LogP contribution in [0, 0.1) is 0 Å². The van der Waals surface area contributed by atoms with Gasteiger partial charge in [-0.05, 0) is 97.1 Å². The van der Waals surface area contributed by atoms with Crippen LogP contribution in [0.5, 0.6) is 23.0 Å². The zero-order chi connectivity index (χ0) is 43.5. The van der Waals surface area contributed by atoms with Gasteiger partial charge in [0, 0.05) is 34.6 Å². The first-order valence-electron chi connectivity index (χ1n) is 17.7. The van der Waals surface area contributed by atoms with Gasteiger partial charge in [-0.2, -0.15) is 0 Å². The molecule has 302 valence electrons. The first-order valence-corrected chi connectivity index (χ1v) is 17.7. The molecule has 0 saturated heterocycles. The number of ether oxygens (including phenoxy) is 2. The third-order valence-corrected chi connectivity index (χ3v) is 9.07. The number of hydrogen-bond acceptors (Lipinski definition) is 10. The van der Waals surface area contributed by atoms with Crippen LogP contribution < -0.4 is 25.0 Å². The van der Waals surface area contributed by atoms with Crippen molar-refractivity contribution in [2.75, 3.05) is 15.5 Å². The second-order valence-electron chi connectivity index (χ2n) is 13.1. The molecule has 1 aliphatic heterocycles. The molecule has 1 aliphatic rings. The highest BCUT2D eigenvalue weighted by Gasteiger charge is 2.37. The molecule has 6 aromatic rings. The molecule has 0 spiro atoms. The number of benzene rings is 6. The van der Waals surface area contributed by atoms with Crippen molar-refractivity contribution in [3.8, 4) is 23.0 Å². The van der Waals surface area contributed by atoms with Gasteiger partial charge in [-0.1, -0.05) is 18.2 Å². The number of aromatic carboxylic acids is 4. The van der Waals surface area contributed by atoms with E-state index in [1.165, 1.54) is 78.9 Å². The standard InChI is InChI=1S/C44H27N3O14/c48-37(45-24-5-2-8-27(18-24)60-29-11-14-32(41(52)53)35(20-29)43(56)57)22-4-1-7-26(16-22)47-39(50)31-13-10-23(17-34(31)40(47)51)38(49)46-25-6-3-9-28(19-25)61-30-12-15-33(42(54)55)36(21-30)44(58)59/h1-21H,(H,45,48)(H,46,49)(H,52,53)(H,54,55)(H,56,57)(H,58,59). The van der Waals surface area contributed by atoms with Crippen molar-refractivity contribution in [3.05, 3.63) is 172 Å². The molecule has 17 heteroatoms. The van der Waals surface area contributed by atoms with Crippen molar-refractivity contribution in [3.63, 3.8) is 0 Å². The first kappa shape index (κ1) is 40.1. The van der Waals surface area contributed by atoms with Crippen LogP contribution in [0.2, 0.25) is 0 Å². The summed E-state index contributed by atoms with van der Waals surface area (Å²) in [6, 6.07) is 28.7. The number of amides is 4. The first-order chi connectivity index (χ1) is 29.2. The summed E-state index contributed by atoms with van der Waals surface area (Å²) in [6.45, 7) is 0. The summed E-state index contributed by atoms with van der Waals surface area (Å²) < 4.78 is 11.4. The predicted molar refractivity (Wildman–Crippen MR) is 214 cm³/mol. The van der Waals surface area contributed by atoms with Crippen molar-refractivity contribution in [1.82, 2.24) is 0 Å². The summed E-state index contributed by atoms with van der Waals surface area (Å²) in [5.41, 5.74) is -1.14. The fourth-order valence-corrected chi connectivity index (χ4v) is 6.26. The van der Waals surface area contributed by atoms with E-state index in [1.807, 2.05) is 0 Å². The Morgan fingerprint density at radius 1 is 0.426 bits per heavy atom. The lowest BCUT2D eigenvalue weighted by Gasteiger charge is -2.15. The molecule has 0 saturated carbocycles. The lowest BCUT2D eigenvalue weighted by atomic mass is 10.1. The Labute approximate surface area is 342 Å². The molecule has 6 N–H and O–H groups in total. The van der Waals surface area contributed by atoms with Crippen LogP contribution in [0.3, 0.4) is 0 Å². The number of imide groups is 1. The SMILES string of the molecule is O=C(Nc1cccc(Oc2ccc(C(=O)O)c(C(=O)O)c2)c1)c1cccc(N2C(=O)c3ccc(C(=O)Nc4cccc(Oc5ccc(C(=O)O)c(C(=O)O)c5)c4)cc3C2=O)c1. The number of nitrogens with one attached hydrogen (secondary N) is 2. The normalized spacial score (nSPS) is 11.6. The fraction of sp³-hybridized carbons (Fsp3) is 0. The summed E-state index contributed by atoms with van der Waals surface area (Å²) in [4.78, 5) is 101. The topological polar surface area (TPSA) is 263 Å². The van der Waals surface area contributed by atoms with Gasteiger partial charge in [-0.15, -0.1) is 0 Å². The number of carboxylic acid groups (broad SMARTS) is 4. The van der Waals surface area contributed by atoms with Gasteiger partial charge in [0.1, 0.15) is 23.0 Å². The minimum absolute atomic E-state index is 0.0198. The zero-order valence-corrected chi connectivity index (χ0v) is 30.9.